The minimum atomic E-state index is -4.06. The molecule has 1 fully saturated rings. The van der Waals surface area contributed by atoms with Gasteiger partial charge in [-0.15, -0.1) is 11.3 Å². The maximum absolute atomic E-state index is 12.7. The molecular formula is C12H17F3N2S. The van der Waals surface area contributed by atoms with Crippen LogP contribution in [0.25, 0.3) is 0 Å². The first-order valence-electron chi connectivity index (χ1n) is 6.05. The highest BCUT2D eigenvalue weighted by Crippen LogP contribution is 2.45. The minimum Gasteiger partial charge on any atom is -0.308 e. The van der Waals surface area contributed by atoms with Crippen molar-refractivity contribution in [1.29, 1.82) is 0 Å². The number of alkyl halides is 3. The largest absolute Gasteiger partial charge is 0.391 e. The van der Waals surface area contributed by atoms with Crippen LogP contribution < -0.4 is 5.32 Å². The minimum absolute atomic E-state index is 0.183. The number of halogens is 3. The van der Waals surface area contributed by atoms with Crippen molar-refractivity contribution in [2.45, 2.75) is 44.3 Å². The molecule has 102 valence electrons. The molecule has 2 nitrogen and oxygen atoms in total. The average molecular weight is 278 g/mol. The fourth-order valence-electron chi connectivity index (χ4n) is 2.58. The Morgan fingerprint density at radius 1 is 1.39 bits per heavy atom. The van der Waals surface area contributed by atoms with Crippen molar-refractivity contribution in [1.82, 2.24) is 10.3 Å². The van der Waals surface area contributed by atoms with Gasteiger partial charge in [-0.25, -0.2) is 4.98 Å². The Morgan fingerprint density at radius 2 is 2.00 bits per heavy atom. The summed E-state index contributed by atoms with van der Waals surface area (Å²) in [7, 11) is 1.81. The van der Waals surface area contributed by atoms with Crippen molar-refractivity contribution in [3.8, 4) is 0 Å². The van der Waals surface area contributed by atoms with E-state index in [0.29, 0.717) is 12.8 Å². The summed E-state index contributed by atoms with van der Waals surface area (Å²) in [5, 5.41) is 6.07. The Balaban J connectivity index is 2.14. The highest BCUT2D eigenvalue weighted by molar-refractivity contribution is 7.09. The first kappa shape index (κ1) is 13.8. The van der Waals surface area contributed by atoms with Gasteiger partial charge in [-0.2, -0.15) is 13.2 Å². The van der Waals surface area contributed by atoms with Gasteiger partial charge in [0.25, 0.3) is 0 Å². The third-order valence-electron chi connectivity index (χ3n) is 3.81. The Kier molecular flexibility index (Phi) is 3.69. The molecule has 0 unspecified atom stereocenters. The van der Waals surface area contributed by atoms with Gasteiger partial charge < -0.3 is 5.32 Å². The van der Waals surface area contributed by atoms with E-state index in [-0.39, 0.29) is 18.4 Å². The lowest BCUT2D eigenvalue weighted by molar-refractivity contribution is -0.185. The highest BCUT2D eigenvalue weighted by Gasteiger charge is 2.46. The summed E-state index contributed by atoms with van der Waals surface area (Å²) in [5.74, 6) is -1.15. The van der Waals surface area contributed by atoms with E-state index in [2.05, 4.69) is 10.3 Å². The molecule has 1 aromatic rings. The predicted octanol–water partition coefficient (Wildman–Crippen LogP) is 3.62. The summed E-state index contributed by atoms with van der Waals surface area (Å²) >= 11 is 1.53. The molecule has 0 amide bonds. The quantitative estimate of drug-likeness (QED) is 0.893. The van der Waals surface area contributed by atoms with Crippen LogP contribution >= 0.6 is 11.3 Å². The van der Waals surface area contributed by atoms with E-state index in [9.17, 15) is 13.2 Å². The second-order valence-corrected chi connectivity index (χ2v) is 5.80. The fourth-order valence-corrected chi connectivity index (χ4v) is 3.65. The number of thiazole rings is 1. The summed E-state index contributed by atoms with van der Waals surface area (Å²) in [6.45, 7) is 1.91. The molecular weight excluding hydrogens is 261 g/mol. The topological polar surface area (TPSA) is 24.9 Å². The highest BCUT2D eigenvalue weighted by atomic mass is 32.1. The van der Waals surface area contributed by atoms with Crippen LogP contribution in [-0.2, 0) is 5.54 Å². The molecule has 6 heteroatoms. The van der Waals surface area contributed by atoms with Gasteiger partial charge in [-0.05, 0) is 39.7 Å². The van der Waals surface area contributed by atoms with Gasteiger partial charge in [-0.3, -0.25) is 0 Å². The Morgan fingerprint density at radius 3 is 2.39 bits per heavy atom. The summed E-state index contributed by atoms with van der Waals surface area (Å²) in [5.41, 5.74) is 0.572. The van der Waals surface area contributed by atoms with Crippen molar-refractivity contribution in [3.63, 3.8) is 0 Å². The Labute approximate surface area is 109 Å². The lowest BCUT2D eigenvalue weighted by Crippen LogP contribution is -2.45. The van der Waals surface area contributed by atoms with Crippen LogP contribution in [-0.4, -0.2) is 18.2 Å². The third kappa shape index (κ3) is 2.54. The van der Waals surface area contributed by atoms with Gasteiger partial charge in [-0.1, -0.05) is 0 Å². The molecule has 1 aromatic heterocycles. The maximum Gasteiger partial charge on any atom is 0.391 e. The van der Waals surface area contributed by atoms with Gasteiger partial charge in [0.05, 0.1) is 11.5 Å². The number of nitrogens with one attached hydrogen (secondary N) is 1. The van der Waals surface area contributed by atoms with E-state index in [0.717, 1.165) is 10.7 Å². The zero-order valence-corrected chi connectivity index (χ0v) is 11.3. The van der Waals surface area contributed by atoms with Gasteiger partial charge in [0, 0.05) is 11.1 Å². The molecule has 0 radical (unpaired) electrons. The average Bonchev–Trinajstić information content (AvgIpc) is 2.75. The van der Waals surface area contributed by atoms with Gasteiger partial charge in [0.1, 0.15) is 5.01 Å². The first-order chi connectivity index (χ1) is 8.37. The number of hydrogen-bond acceptors (Lipinski definition) is 3. The number of aromatic nitrogens is 1. The monoisotopic (exact) mass is 278 g/mol. The summed E-state index contributed by atoms with van der Waals surface area (Å²) in [6, 6.07) is 0. The van der Waals surface area contributed by atoms with Crippen molar-refractivity contribution < 1.29 is 13.2 Å². The van der Waals surface area contributed by atoms with Gasteiger partial charge >= 0.3 is 6.18 Å². The first-order valence-corrected chi connectivity index (χ1v) is 6.93. The Bertz CT molecular complexity index is 406. The molecule has 2 rings (SSSR count). The van der Waals surface area contributed by atoms with Crippen LogP contribution in [0.3, 0.4) is 0 Å². The Hall–Kier alpha value is -0.620. The van der Waals surface area contributed by atoms with Crippen LogP contribution in [0.1, 0.15) is 36.4 Å². The van der Waals surface area contributed by atoms with E-state index < -0.39 is 12.1 Å². The summed E-state index contributed by atoms with van der Waals surface area (Å²) in [4.78, 5) is 4.44. The molecule has 1 aliphatic carbocycles. The lowest BCUT2D eigenvalue weighted by atomic mass is 9.76. The van der Waals surface area contributed by atoms with Crippen LogP contribution in [0, 0.1) is 12.8 Å². The molecule has 1 N–H and O–H groups in total. The lowest BCUT2D eigenvalue weighted by Gasteiger charge is -2.39. The standard InChI is InChI=1S/C12H17F3N2S/c1-8-7-18-10(17-8)11(16-2)5-3-9(4-6-11)12(13,14)15/h7,9,16H,3-6H2,1-2H3. The smallest absolute Gasteiger partial charge is 0.308 e. The van der Waals surface area contributed by atoms with Crippen molar-refractivity contribution in [3.05, 3.63) is 16.1 Å². The molecule has 0 saturated heterocycles. The van der Waals surface area contributed by atoms with Crippen LogP contribution in [0.5, 0.6) is 0 Å². The van der Waals surface area contributed by atoms with E-state index in [1.165, 1.54) is 11.3 Å². The molecule has 1 saturated carbocycles. The molecule has 1 heterocycles. The van der Waals surface area contributed by atoms with Crippen molar-refractivity contribution in [2.24, 2.45) is 5.92 Å². The van der Waals surface area contributed by atoms with E-state index in [4.69, 9.17) is 0 Å². The number of hydrogen-bond donors (Lipinski definition) is 1. The molecule has 18 heavy (non-hydrogen) atoms. The van der Waals surface area contributed by atoms with E-state index >= 15 is 0 Å². The second kappa shape index (κ2) is 4.81. The molecule has 1 aliphatic rings. The molecule has 0 aliphatic heterocycles. The zero-order valence-electron chi connectivity index (χ0n) is 10.5. The van der Waals surface area contributed by atoms with E-state index in [1.54, 1.807) is 0 Å². The second-order valence-electron chi connectivity index (χ2n) is 4.94. The summed E-state index contributed by atoms with van der Waals surface area (Å²) in [6.07, 6.45) is -2.69. The molecule has 0 spiro atoms. The normalized spacial score (nSPS) is 29.5. The van der Waals surface area contributed by atoms with Crippen LogP contribution in [0.15, 0.2) is 5.38 Å². The van der Waals surface area contributed by atoms with Crippen molar-refractivity contribution in [2.75, 3.05) is 7.05 Å². The predicted molar refractivity (Wildman–Crippen MR) is 65.6 cm³/mol. The number of rotatable bonds is 2. The maximum atomic E-state index is 12.7. The summed E-state index contributed by atoms with van der Waals surface area (Å²) < 4.78 is 38.0. The van der Waals surface area contributed by atoms with Crippen LogP contribution in [0.2, 0.25) is 0 Å². The van der Waals surface area contributed by atoms with Crippen molar-refractivity contribution >= 4 is 11.3 Å². The van der Waals surface area contributed by atoms with Gasteiger partial charge in [0.15, 0.2) is 0 Å². The van der Waals surface area contributed by atoms with E-state index in [1.807, 2.05) is 19.4 Å². The fraction of sp³-hybridized carbons (Fsp3) is 0.750. The zero-order chi connectivity index (χ0) is 13.4. The number of nitrogens with zero attached hydrogens (tertiary/aromatic N) is 1. The van der Waals surface area contributed by atoms with Crippen LogP contribution in [0.4, 0.5) is 13.2 Å². The number of aryl methyl sites for hydroxylation is 1. The van der Waals surface area contributed by atoms with Gasteiger partial charge in [0.2, 0.25) is 0 Å². The SMILES string of the molecule is CNC1(c2nc(C)cs2)CCC(C(F)(F)F)CC1. The molecule has 0 aromatic carbocycles. The molecule has 0 atom stereocenters. The molecule has 0 bridgehead atoms. The third-order valence-corrected chi connectivity index (χ3v) is 4.97.